The monoisotopic (exact) mass is 410 g/mol. The van der Waals surface area contributed by atoms with Gasteiger partial charge in [0, 0.05) is 11.3 Å². The van der Waals surface area contributed by atoms with Crippen LogP contribution >= 0.6 is 0 Å². The molecular weight excluding hydrogens is 388 g/mol. The molecule has 0 unspecified atom stereocenters. The minimum atomic E-state index is -3.74. The number of hydrogen-bond donors (Lipinski definition) is 2. The number of carbonyl (C=O) groups excluding carboxylic acids is 1. The maximum atomic E-state index is 12.7. The van der Waals surface area contributed by atoms with E-state index in [0.29, 0.717) is 22.7 Å². The van der Waals surface area contributed by atoms with E-state index in [-0.39, 0.29) is 10.8 Å². The quantitative estimate of drug-likeness (QED) is 0.632. The first-order valence-electron chi connectivity index (χ1n) is 8.94. The van der Waals surface area contributed by atoms with Crippen LogP contribution in [-0.2, 0) is 10.0 Å². The zero-order valence-electron chi connectivity index (χ0n) is 16.4. The van der Waals surface area contributed by atoms with E-state index in [0.717, 1.165) is 11.1 Å². The fraction of sp³-hybridized carbons (Fsp3) is 0.136. The number of nitrogens with one attached hydrogen (secondary N) is 2. The number of anilines is 2. The Balaban J connectivity index is 1.76. The van der Waals surface area contributed by atoms with E-state index >= 15 is 0 Å². The standard InChI is InChI=1S/C22H22N2O4S/c1-15-6-4-7-16(2)21(15)24-29(26,27)20-12-10-18(11-13-20)23-22(25)17-8-5-9-19(14-17)28-3/h4-14,24H,1-3H3,(H,23,25). The molecule has 0 heterocycles. The first kappa shape index (κ1) is 20.4. The van der Waals surface area contributed by atoms with E-state index in [2.05, 4.69) is 10.0 Å². The molecule has 6 nitrogen and oxygen atoms in total. The molecule has 7 heteroatoms. The van der Waals surface area contributed by atoms with E-state index in [1.54, 1.807) is 36.4 Å². The predicted molar refractivity (Wildman–Crippen MR) is 114 cm³/mol. The molecular formula is C22H22N2O4S. The van der Waals surface area contributed by atoms with Gasteiger partial charge in [0.15, 0.2) is 0 Å². The number of carbonyl (C=O) groups is 1. The topological polar surface area (TPSA) is 84.5 Å². The van der Waals surface area contributed by atoms with Crippen LogP contribution in [0.25, 0.3) is 0 Å². The van der Waals surface area contributed by atoms with Crippen LogP contribution in [0.3, 0.4) is 0 Å². The average Bonchev–Trinajstić information content (AvgIpc) is 2.71. The van der Waals surface area contributed by atoms with Gasteiger partial charge in [0.05, 0.1) is 17.7 Å². The van der Waals surface area contributed by atoms with Crippen molar-refractivity contribution in [3.63, 3.8) is 0 Å². The van der Waals surface area contributed by atoms with Gasteiger partial charge in [-0.15, -0.1) is 0 Å². The number of methoxy groups -OCH3 is 1. The van der Waals surface area contributed by atoms with Gasteiger partial charge in [0.25, 0.3) is 15.9 Å². The first-order chi connectivity index (χ1) is 13.8. The van der Waals surface area contributed by atoms with Gasteiger partial charge >= 0.3 is 0 Å². The van der Waals surface area contributed by atoms with E-state index in [1.807, 2.05) is 32.0 Å². The Kier molecular flexibility index (Phi) is 5.89. The Morgan fingerprint density at radius 1 is 0.897 bits per heavy atom. The van der Waals surface area contributed by atoms with Crippen molar-refractivity contribution >= 4 is 27.3 Å². The van der Waals surface area contributed by atoms with E-state index in [9.17, 15) is 13.2 Å². The highest BCUT2D eigenvalue weighted by atomic mass is 32.2. The highest BCUT2D eigenvalue weighted by molar-refractivity contribution is 7.92. The summed E-state index contributed by atoms with van der Waals surface area (Å²) < 4.78 is 33.2. The third-order valence-electron chi connectivity index (χ3n) is 4.47. The van der Waals surface area contributed by atoms with Gasteiger partial charge in [-0.2, -0.15) is 0 Å². The maximum absolute atomic E-state index is 12.7. The normalized spacial score (nSPS) is 11.0. The Morgan fingerprint density at radius 2 is 1.52 bits per heavy atom. The van der Waals surface area contributed by atoms with Gasteiger partial charge in [0.1, 0.15) is 5.75 Å². The fourth-order valence-electron chi connectivity index (χ4n) is 2.85. The van der Waals surface area contributed by atoms with Gasteiger partial charge in [-0.05, 0) is 67.4 Å². The lowest BCUT2D eigenvalue weighted by atomic mass is 10.1. The predicted octanol–water partition coefficient (Wildman–Crippen LogP) is 4.37. The average molecular weight is 410 g/mol. The Morgan fingerprint density at radius 3 is 2.14 bits per heavy atom. The molecule has 0 atom stereocenters. The van der Waals surface area contributed by atoms with Crippen LogP contribution in [0.2, 0.25) is 0 Å². The van der Waals surface area contributed by atoms with E-state index in [4.69, 9.17) is 4.74 Å². The zero-order chi connectivity index (χ0) is 21.0. The third kappa shape index (κ3) is 4.75. The molecule has 0 saturated carbocycles. The van der Waals surface area contributed by atoms with Crippen LogP contribution in [-0.4, -0.2) is 21.4 Å². The highest BCUT2D eigenvalue weighted by Crippen LogP contribution is 2.24. The van der Waals surface area contributed by atoms with Gasteiger partial charge in [-0.3, -0.25) is 9.52 Å². The minimum Gasteiger partial charge on any atom is -0.497 e. The molecule has 3 aromatic rings. The van der Waals surface area contributed by atoms with E-state index in [1.165, 1.54) is 19.2 Å². The molecule has 150 valence electrons. The molecule has 0 fully saturated rings. The number of rotatable bonds is 6. The lowest BCUT2D eigenvalue weighted by molar-refractivity contribution is 0.102. The number of para-hydroxylation sites is 1. The number of benzene rings is 3. The lowest BCUT2D eigenvalue weighted by Gasteiger charge is -2.13. The summed E-state index contributed by atoms with van der Waals surface area (Å²) in [5, 5.41) is 2.75. The van der Waals surface area contributed by atoms with Crippen molar-refractivity contribution in [3.05, 3.63) is 83.4 Å². The third-order valence-corrected chi connectivity index (χ3v) is 5.84. The van der Waals surface area contributed by atoms with Crippen LogP contribution in [0.5, 0.6) is 5.75 Å². The molecule has 0 radical (unpaired) electrons. The first-order valence-corrected chi connectivity index (χ1v) is 10.4. The summed E-state index contributed by atoms with van der Waals surface area (Å²) in [6.07, 6.45) is 0. The molecule has 0 saturated heterocycles. The SMILES string of the molecule is COc1cccc(C(=O)Nc2ccc(S(=O)(=O)Nc3c(C)cccc3C)cc2)c1. The van der Waals surface area contributed by atoms with Gasteiger partial charge in [-0.1, -0.05) is 24.3 Å². The number of sulfonamides is 1. The summed E-state index contributed by atoms with van der Waals surface area (Å²) in [6, 6.07) is 18.4. The molecule has 0 spiro atoms. The number of aryl methyl sites for hydroxylation is 2. The molecule has 1 amide bonds. The van der Waals surface area contributed by atoms with Crippen molar-refractivity contribution in [2.24, 2.45) is 0 Å². The molecule has 0 aliphatic heterocycles. The minimum absolute atomic E-state index is 0.111. The zero-order valence-corrected chi connectivity index (χ0v) is 17.2. The second-order valence-corrected chi connectivity index (χ2v) is 8.27. The van der Waals surface area contributed by atoms with Crippen molar-refractivity contribution in [3.8, 4) is 5.75 Å². The summed E-state index contributed by atoms with van der Waals surface area (Å²) in [5.74, 6) is 0.268. The number of hydrogen-bond acceptors (Lipinski definition) is 4. The summed E-state index contributed by atoms with van der Waals surface area (Å²) in [5.41, 5.74) is 3.19. The van der Waals surface area contributed by atoms with Crippen LogP contribution < -0.4 is 14.8 Å². The summed E-state index contributed by atoms with van der Waals surface area (Å²) in [4.78, 5) is 12.5. The molecule has 3 rings (SSSR count). The van der Waals surface area contributed by atoms with E-state index < -0.39 is 10.0 Å². The molecule has 0 aromatic heterocycles. The highest BCUT2D eigenvalue weighted by Gasteiger charge is 2.17. The Hall–Kier alpha value is -3.32. The number of amides is 1. The lowest BCUT2D eigenvalue weighted by Crippen LogP contribution is -2.15. The molecule has 3 aromatic carbocycles. The van der Waals surface area contributed by atoms with Crippen LogP contribution in [0.4, 0.5) is 11.4 Å². The molecule has 29 heavy (non-hydrogen) atoms. The van der Waals surface area contributed by atoms with Crippen LogP contribution in [0.1, 0.15) is 21.5 Å². The second kappa shape index (κ2) is 8.36. The van der Waals surface area contributed by atoms with Crippen molar-refractivity contribution in [1.82, 2.24) is 0 Å². The van der Waals surface area contributed by atoms with Gasteiger partial charge < -0.3 is 10.1 Å². The smallest absolute Gasteiger partial charge is 0.261 e. The van der Waals surface area contributed by atoms with Crippen molar-refractivity contribution in [2.75, 3.05) is 17.1 Å². The number of ether oxygens (including phenoxy) is 1. The molecule has 2 N–H and O–H groups in total. The summed E-state index contributed by atoms with van der Waals surface area (Å²) in [6.45, 7) is 3.70. The molecule has 0 aliphatic rings. The summed E-state index contributed by atoms with van der Waals surface area (Å²) >= 11 is 0. The Labute approximate surface area is 170 Å². The van der Waals surface area contributed by atoms with Gasteiger partial charge in [-0.25, -0.2) is 8.42 Å². The van der Waals surface area contributed by atoms with Gasteiger partial charge in [0.2, 0.25) is 0 Å². The van der Waals surface area contributed by atoms with Crippen molar-refractivity contribution in [2.45, 2.75) is 18.7 Å². The van der Waals surface area contributed by atoms with Crippen LogP contribution in [0.15, 0.2) is 71.6 Å². The van der Waals surface area contributed by atoms with Crippen LogP contribution in [0, 0.1) is 13.8 Å². The summed E-state index contributed by atoms with van der Waals surface area (Å²) in [7, 11) is -2.21. The second-order valence-electron chi connectivity index (χ2n) is 6.58. The Bertz CT molecular complexity index is 1120. The largest absolute Gasteiger partial charge is 0.497 e. The van der Waals surface area contributed by atoms with Crippen molar-refractivity contribution in [1.29, 1.82) is 0 Å². The maximum Gasteiger partial charge on any atom is 0.261 e. The molecule has 0 bridgehead atoms. The fourth-order valence-corrected chi connectivity index (χ4v) is 4.06. The molecule has 0 aliphatic carbocycles. The van der Waals surface area contributed by atoms with Crippen molar-refractivity contribution < 1.29 is 17.9 Å².